The van der Waals surface area contributed by atoms with Crippen molar-refractivity contribution in [1.29, 1.82) is 0 Å². The van der Waals surface area contributed by atoms with E-state index in [0.29, 0.717) is 10.9 Å². The van der Waals surface area contributed by atoms with Crippen LogP contribution < -0.4 is 4.90 Å². The molecule has 2 aromatic rings. The lowest BCUT2D eigenvalue weighted by molar-refractivity contribution is -0.116. The smallest absolute Gasteiger partial charge is 0.238 e. The van der Waals surface area contributed by atoms with Crippen LogP contribution in [0, 0.1) is 6.92 Å². The minimum absolute atomic E-state index is 0.0655. The highest BCUT2D eigenvalue weighted by molar-refractivity contribution is 7.99. The molecular formula is C17H20N4OS. The van der Waals surface area contributed by atoms with Gasteiger partial charge in [0.1, 0.15) is 6.33 Å². The fourth-order valence-corrected chi connectivity index (χ4v) is 3.77. The number of carbonyl (C=O) groups is 1. The Labute approximate surface area is 140 Å². The van der Waals surface area contributed by atoms with E-state index in [-0.39, 0.29) is 11.4 Å². The molecule has 0 spiro atoms. The van der Waals surface area contributed by atoms with Crippen molar-refractivity contribution in [2.24, 2.45) is 0 Å². The number of nitrogens with zero attached hydrogens (tertiary/aromatic N) is 3. The third-order valence-electron chi connectivity index (χ3n) is 4.01. The number of carbonyl (C=O) groups excluding carboxylic acids is 1. The Morgan fingerprint density at radius 1 is 1.35 bits per heavy atom. The number of para-hydroxylation sites is 1. The van der Waals surface area contributed by atoms with Gasteiger partial charge in [0, 0.05) is 5.56 Å². The number of hydrogen-bond acceptors (Lipinski definition) is 4. The molecule has 1 amide bonds. The van der Waals surface area contributed by atoms with Crippen LogP contribution in [0.2, 0.25) is 0 Å². The van der Waals surface area contributed by atoms with E-state index in [1.807, 2.05) is 11.0 Å². The summed E-state index contributed by atoms with van der Waals surface area (Å²) in [5.74, 6) is 0.384. The van der Waals surface area contributed by atoms with E-state index in [4.69, 9.17) is 0 Å². The molecule has 1 N–H and O–H groups in total. The number of fused-ring (bicyclic) bond motifs is 1. The highest BCUT2D eigenvalue weighted by atomic mass is 32.2. The molecule has 1 aromatic heterocycles. The topological polar surface area (TPSA) is 61.9 Å². The minimum atomic E-state index is -0.359. The molecule has 0 saturated heterocycles. The van der Waals surface area contributed by atoms with Crippen LogP contribution in [0.4, 0.5) is 5.69 Å². The fourth-order valence-electron chi connectivity index (χ4n) is 3.14. The Morgan fingerprint density at radius 2 is 2.13 bits per heavy atom. The predicted octanol–water partition coefficient (Wildman–Crippen LogP) is 3.43. The lowest BCUT2D eigenvalue weighted by Crippen LogP contribution is -2.50. The number of thioether (sulfide) groups is 1. The van der Waals surface area contributed by atoms with Gasteiger partial charge in [0.05, 0.1) is 17.0 Å². The summed E-state index contributed by atoms with van der Waals surface area (Å²) in [5, 5.41) is 7.24. The molecule has 1 aliphatic rings. The third-order valence-corrected chi connectivity index (χ3v) is 4.87. The maximum absolute atomic E-state index is 12.9. The van der Waals surface area contributed by atoms with Crippen LogP contribution in [0.3, 0.4) is 0 Å². The second-order valence-corrected chi connectivity index (χ2v) is 7.22. The second kappa shape index (κ2) is 5.85. The molecule has 23 heavy (non-hydrogen) atoms. The predicted molar refractivity (Wildman–Crippen MR) is 93.5 cm³/mol. The Bertz CT molecular complexity index is 765. The lowest BCUT2D eigenvalue weighted by atomic mass is 9.87. The molecule has 1 aromatic carbocycles. The quantitative estimate of drug-likeness (QED) is 0.877. The molecule has 0 radical (unpaired) electrons. The number of aromatic amines is 1. The van der Waals surface area contributed by atoms with Gasteiger partial charge in [-0.15, -0.1) is 0 Å². The number of H-pyrrole nitrogens is 1. The average molecular weight is 328 g/mol. The van der Waals surface area contributed by atoms with Crippen molar-refractivity contribution < 1.29 is 4.79 Å². The maximum atomic E-state index is 12.9. The van der Waals surface area contributed by atoms with Crippen LogP contribution in [0.5, 0.6) is 0 Å². The van der Waals surface area contributed by atoms with Crippen LogP contribution in [-0.2, 0) is 4.79 Å². The summed E-state index contributed by atoms with van der Waals surface area (Å²) in [7, 11) is 0. The van der Waals surface area contributed by atoms with E-state index >= 15 is 0 Å². The van der Waals surface area contributed by atoms with E-state index < -0.39 is 0 Å². The van der Waals surface area contributed by atoms with Gasteiger partial charge >= 0.3 is 0 Å². The molecule has 0 bridgehead atoms. The molecule has 6 heteroatoms. The summed E-state index contributed by atoms with van der Waals surface area (Å²) in [6.07, 6.45) is 3.61. The highest BCUT2D eigenvalue weighted by Crippen LogP contribution is 2.41. The summed E-state index contributed by atoms with van der Waals surface area (Å²) < 4.78 is 0. The maximum Gasteiger partial charge on any atom is 0.238 e. The number of hydrogen-bond donors (Lipinski definition) is 1. The average Bonchev–Trinajstić information content (AvgIpc) is 2.98. The van der Waals surface area contributed by atoms with Gasteiger partial charge in [0.2, 0.25) is 5.91 Å². The number of amides is 1. The van der Waals surface area contributed by atoms with E-state index in [9.17, 15) is 4.79 Å². The first kappa shape index (κ1) is 15.8. The number of allylic oxidation sites excluding steroid dienone is 1. The Kier molecular flexibility index (Phi) is 4.02. The zero-order valence-corrected chi connectivity index (χ0v) is 14.6. The normalized spacial score (nSPS) is 16.0. The summed E-state index contributed by atoms with van der Waals surface area (Å²) in [6, 6.07) is 6.17. The molecule has 1 aliphatic heterocycles. The van der Waals surface area contributed by atoms with Crippen molar-refractivity contribution in [3.8, 4) is 0 Å². The molecule has 5 nitrogen and oxygen atoms in total. The zero-order valence-electron chi connectivity index (χ0n) is 13.8. The summed E-state index contributed by atoms with van der Waals surface area (Å²) in [5.41, 5.74) is 4.10. The molecule has 0 saturated carbocycles. The number of nitrogens with one attached hydrogen (secondary N) is 1. The number of anilines is 1. The molecule has 2 heterocycles. The Hall–Kier alpha value is -2.08. The lowest BCUT2D eigenvalue weighted by Gasteiger charge is -2.42. The van der Waals surface area contributed by atoms with Gasteiger partial charge in [-0.05, 0) is 38.8 Å². The number of aryl methyl sites for hydroxylation is 1. The van der Waals surface area contributed by atoms with Crippen LogP contribution in [0.15, 0.2) is 35.8 Å². The van der Waals surface area contributed by atoms with Crippen LogP contribution >= 0.6 is 11.8 Å². The SMILES string of the molecule is CC1=CC(C)(C)N(C(=O)CSc2ncn[nH]2)c2c(C)cccc21. The summed E-state index contributed by atoms with van der Waals surface area (Å²) in [4.78, 5) is 18.9. The van der Waals surface area contributed by atoms with Gasteiger partial charge in [0.25, 0.3) is 0 Å². The van der Waals surface area contributed by atoms with E-state index in [2.05, 4.69) is 61.1 Å². The van der Waals surface area contributed by atoms with Crippen molar-refractivity contribution in [3.05, 3.63) is 41.7 Å². The van der Waals surface area contributed by atoms with Gasteiger partial charge in [-0.3, -0.25) is 9.89 Å². The van der Waals surface area contributed by atoms with Crippen molar-refractivity contribution in [1.82, 2.24) is 15.2 Å². The van der Waals surface area contributed by atoms with Crippen LogP contribution in [0.25, 0.3) is 5.57 Å². The summed E-state index contributed by atoms with van der Waals surface area (Å²) in [6.45, 7) is 8.30. The van der Waals surface area contributed by atoms with E-state index in [0.717, 1.165) is 16.8 Å². The first-order chi connectivity index (χ1) is 10.9. The first-order valence-corrected chi connectivity index (χ1v) is 8.49. The largest absolute Gasteiger partial charge is 0.302 e. The van der Waals surface area contributed by atoms with Crippen molar-refractivity contribution in [2.75, 3.05) is 10.7 Å². The highest BCUT2D eigenvalue weighted by Gasteiger charge is 2.36. The molecule has 0 unspecified atom stereocenters. The minimum Gasteiger partial charge on any atom is -0.302 e. The first-order valence-electron chi connectivity index (χ1n) is 7.51. The standard InChI is InChI=1S/C17H20N4OS/c1-11-6-5-7-13-12(2)8-17(3,4)21(15(11)13)14(22)9-23-16-18-10-19-20-16/h5-8,10H,9H2,1-4H3,(H,18,19,20). The molecule has 0 aliphatic carbocycles. The fraction of sp³-hybridized carbons (Fsp3) is 0.353. The second-order valence-electron chi connectivity index (χ2n) is 6.26. The van der Waals surface area contributed by atoms with Gasteiger partial charge in [-0.1, -0.05) is 36.0 Å². The van der Waals surface area contributed by atoms with Crippen LogP contribution in [-0.4, -0.2) is 32.4 Å². The van der Waals surface area contributed by atoms with Gasteiger partial charge in [-0.25, -0.2) is 4.98 Å². The van der Waals surface area contributed by atoms with Gasteiger partial charge in [0.15, 0.2) is 5.16 Å². The van der Waals surface area contributed by atoms with Crippen LogP contribution in [0.1, 0.15) is 31.9 Å². The number of aromatic nitrogens is 3. The molecule has 120 valence electrons. The van der Waals surface area contributed by atoms with Gasteiger partial charge < -0.3 is 4.90 Å². The third kappa shape index (κ3) is 2.91. The number of benzene rings is 1. The van der Waals surface area contributed by atoms with Gasteiger partial charge in [-0.2, -0.15) is 5.10 Å². The van der Waals surface area contributed by atoms with Crippen molar-refractivity contribution >= 4 is 28.9 Å². The number of rotatable bonds is 3. The molecule has 0 fully saturated rings. The molecular weight excluding hydrogens is 308 g/mol. The van der Waals surface area contributed by atoms with E-state index in [1.165, 1.54) is 23.7 Å². The summed E-state index contributed by atoms with van der Waals surface area (Å²) >= 11 is 1.37. The Balaban J connectivity index is 1.95. The monoisotopic (exact) mass is 328 g/mol. The Morgan fingerprint density at radius 3 is 2.83 bits per heavy atom. The molecule has 3 rings (SSSR count). The zero-order chi connectivity index (χ0) is 16.6. The molecule has 0 atom stereocenters. The van der Waals surface area contributed by atoms with Crippen molar-refractivity contribution in [3.63, 3.8) is 0 Å². The van der Waals surface area contributed by atoms with E-state index in [1.54, 1.807) is 0 Å². The van der Waals surface area contributed by atoms with Crippen molar-refractivity contribution in [2.45, 2.75) is 38.4 Å².